The van der Waals surface area contributed by atoms with Crippen LogP contribution >= 0.6 is 22.9 Å². The average Bonchev–Trinajstić information content (AvgIpc) is 2.97. The van der Waals surface area contributed by atoms with Crippen molar-refractivity contribution < 1.29 is 0 Å². The first kappa shape index (κ1) is 12.4. The Kier molecular flexibility index (Phi) is 4.44. The van der Waals surface area contributed by atoms with Crippen molar-refractivity contribution in [3.8, 4) is 0 Å². The molecule has 0 saturated heterocycles. The number of nitrogens with zero attached hydrogens (tertiary/aromatic N) is 3. The fraction of sp³-hybridized carbons (Fsp3) is 0.545. The van der Waals surface area contributed by atoms with Crippen LogP contribution in [0, 0.1) is 0 Å². The fourth-order valence-electron chi connectivity index (χ4n) is 1.46. The molecule has 0 radical (unpaired) electrons. The van der Waals surface area contributed by atoms with Gasteiger partial charge in [-0.1, -0.05) is 13.8 Å². The minimum absolute atomic E-state index is 0.411. The molecule has 6 heteroatoms. The molecule has 0 fully saturated rings. The first-order valence-electron chi connectivity index (χ1n) is 5.75. The highest BCUT2D eigenvalue weighted by atomic mass is 32.1. The predicted molar refractivity (Wildman–Crippen MR) is 72.9 cm³/mol. The summed E-state index contributed by atoms with van der Waals surface area (Å²) in [5.41, 5.74) is 0. The molecule has 1 unspecified atom stereocenters. The fourth-order valence-corrected chi connectivity index (χ4v) is 2.77. The summed E-state index contributed by atoms with van der Waals surface area (Å²) >= 11 is 3.14. The smallest absolute Gasteiger partial charge is 0.202 e. The van der Waals surface area contributed by atoms with Crippen LogP contribution in [0.15, 0.2) is 11.6 Å². The molecule has 2 rings (SSSR count). The molecule has 1 N–H and O–H groups in total. The van der Waals surface area contributed by atoms with Gasteiger partial charge < -0.3 is 5.32 Å². The normalized spacial score (nSPS) is 12.6. The lowest BCUT2D eigenvalue weighted by Gasteiger charge is -2.07. The molecule has 2 aromatic heterocycles. The van der Waals surface area contributed by atoms with Crippen molar-refractivity contribution in [1.29, 1.82) is 0 Å². The molecule has 2 aromatic rings. The largest absolute Gasteiger partial charge is 0.360 e. The number of hydrogen-bond donors (Lipinski definition) is 1. The summed E-state index contributed by atoms with van der Waals surface area (Å²) in [6, 6.07) is 0. The second-order valence-corrected chi connectivity index (χ2v) is 5.60. The lowest BCUT2D eigenvalue weighted by atomic mass is 10.2. The Morgan fingerprint density at radius 1 is 1.47 bits per heavy atom. The number of hydrogen-bond acceptors (Lipinski definition) is 6. The molecule has 0 aliphatic carbocycles. The summed E-state index contributed by atoms with van der Waals surface area (Å²) in [5.74, 6) is 1.36. The molecule has 0 bridgehead atoms. The van der Waals surface area contributed by atoms with Gasteiger partial charge in [-0.25, -0.2) is 9.97 Å². The third kappa shape index (κ3) is 3.47. The number of aromatic nitrogens is 3. The van der Waals surface area contributed by atoms with E-state index in [1.807, 2.05) is 11.6 Å². The Morgan fingerprint density at radius 3 is 3.06 bits per heavy atom. The van der Waals surface area contributed by atoms with Crippen LogP contribution in [0.4, 0.5) is 5.13 Å². The summed E-state index contributed by atoms with van der Waals surface area (Å²) in [5, 5.41) is 7.41. The maximum absolute atomic E-state index is 4.43. The number of rotatable bonds is 6. The molecule has 0 spiro atoms. The lowest BCUT2D eigenvalue weighted by molar-refractivity contribution is 0.792. The van der Waals surface area contributed by atoms with E-state index in [1.54, 1.807) is 11.3 Å². The van der Waals surface area contributed by atoms with Crippen LogP contribution in [0.5, 0.6) is 0 Å². The van der Waals surface area contributed by atoms with Crippen molar-refractivity contribution in [1.82, 2.24) is 14.3 Å². The number of thiazole rings is 1. The molecule has 0 amide bonds. The van der Waals surface area contributed by atoms with Crippen LogP contribution in [-0.2, 0) is 6.42 Å². The van der Waals surface area contributed by atoms with Gasteiger partial charge in [0.25, 0.3) is 0 Å². The number of aryl methyl sites for hydroxylation is 1. The van der Waals surface area contributed by atoms with Gasteiger partial charge >= 0.3 is 0 Å². The molecular weight excluding hydrogens is 252 g/mol. The van der Waals surface area contributed by atoms with Gasteiger partial charge in [-0.15, -0.1) is 11.3 Å². The van der Waals surface area contributed by atoms with Gasteiger partial charge in [0.1, 0.15) is 5.82 Å². The third-order valence-corrected chi connectivity index (χ3v) is 4.09. The zero-order chi connectivity index (χ0) is 12.1. The summed E-state index contributed by atoms with van der Waals surface area (Å²) < 4.78 is 4.30. The number of nitrogens with one attached hydrogen (secondary N) is 1. The van der Waals surface area contributed by atoms with E-state index in [9.17, 15) is 0 Å². The second-order valence-electron chi connectivity index (χ2n) is 3.92. The summed E-state index contributed by atoms with van der Waals surface area (Å²) in [6.45, 7) is 5.16. The van der Waals surface area contributed by atoms with E-state index in [4.69, 9.17) is 0 Å². The van der Waals surface area contributed by atoms with Crippen molar-refractivity contribution in [3.05, 3.63) is 22.4 Å². The van der Waals surface area contributed by atoms with Crippen LogP contribution < -0.4 is 5.32 Å². The van der Waals surface area contributed by atoms with Crippen molar-refractivity contribution in [2.75, 3.05) is 11.9 Å². The van der Waals surface area contributed by atoms with Gasteiger partial charge in [0, 0.05) is 42.0 Å². The molecule has 0 aliphatic rings. The Morgan fingerprint density at radius 2 is 2.35 bits per heavy atom. The molecular formula is C11H16N4S2. The highest BCUT2D eigenvalue weighted by Crippen LogP contribution is 2.19. The minimum atomic E-state index is 0.411. The average molecular weight is 268 g/mol. The van der Waals surface area contributed by atoms with E-state index >= 15 is 0 Å². The second kappa shape index (κ2) is 6.07. The Balaban J connectivity index is 1.84. The van der Waals surface area contributed by atoms with Crippen molar-refractivity contribution >= 4 is 28.0 Å². The molecule has 0 aromatic carbocycles. The van der Waals surface area contributed by atoms with E-state index in [2.05, 4.69) is 33.5 Å². The topological polar surface area (TPSA) is 50.7 Å². The van der Waals surface area contributed by atoms with Crippen molar-refractivity contribution in [2.24, 2.45) is 0 Å². The highest BCUT2D eigenvalue weighted by Gasteiger charge is 2.09. The third-order valence-electron chi connectivity index (χ3n) is 2.37. The molecule has 4 nitrogen and oxygen atoms in total. The Bertz CT molecular complexity index is 438. The summed E-state index contributed by atoms with van der Waals surface area (Å²) in [4.78, 5) is 8.74. The van der Waals surface area contributed by atoms with E-state index in [0.717, 1.165) is 35.3 Å². The summed E-state index contributed by atoms with van der Waals surface area (Å²) in [6.07, 6.45) is 3.90. The Hall–Kier alpha value is -1.01. The standard InChI is InChI=1S/C11H16N4S2/c1-3-4-9-14-11(17-15-9)13-7-8(2)10-12-5-6-16-10/h5-6,8H,3-4,7H2,1-2H3,(H,13,14,15). The van der Waals surface area contributed by atoms with E-state index in [-0.39, 0.29) is 0 Å². The molecule has 2 heterocycles. The number of anilines is 1. The van der Waals surface area contributed by atoms with E-state index < -0.39 is 0 Å². The summed E-state index contributed by atoms with van der Waals surface area (Å²) in [7, 11) is 0. The van der Waals surface area contributed by atoms with Crippen molar-refractivity contribution in [2.45, 2.75) is 32.6 Å². The van der Waals surface area contributed by atoms with E-state index in [1.165, 1.54) is 11.5 Å². The van der Waals surface area contributed by atoms with Crippen LogP contribution in [0.3, 0.4) is 0 Å². The predicted octanol–water partition coefficient (Wildman–Crippen LogP) is 3.16. The Labute approximate surface area is 109 Å². The van der Waals surface area contributed by atoms with Crippen molar-refractivity contribution in [3.63, 3.8) is 0 Å². The SMILES string of the molecule is CCCc1nsc(NCC(C)c2nccs2)n1. The van der Waals surface area contributed by atoms with Gasteiger partial charge in [0.05, 0.1) is 5.01 Å². The van der Waals surface area contributed by atoms with Gasteiger partial charge in [0.2, 0.25) is 5.13 Å². The van der Waals surface area contributed by atoms with Crippen LogP contribution in [0.25, 0.3) is 0 Å². The molecule has 0 saturated carbocycles. The highest BCUT2D eigenvalue weighted by molar-refractivity contribution is 7.10. The van der Waals surface area contributed by atoms with E-state index in [0.29, 0.717) is 5.92 Å². The van der Waals surface area contributed by atoms with Gasteiger partial charge in [0.15, 0.2) is 0 Å². The molecule has 92 valence electrons. The molecule has 0 aliphatic heterocycles. The minimum Gasteiger partial charge on any atom is -0.360 e. The lowest BCUT2D eigenvalue weighted by Crippen LogP contribution is -2.09. The van der Waals surface area contributed by atoms with Gasteiger partial charge in [-0.2, -0.15) is 4.37 Å². The van der Waals surface area contributed by atoms with Gasteiger partial charge in [-0.05, 0) is 6.42 Å². The molecule has 17 heavy (non-hydrogen) atoms. The van der Waals surface area contributed by atoms with Gasteiger partial charge in [-0.3, -0.25) is 0 Å². The molecule has 1 atom stereocenters. The van der Waals surface area contributed by atoms with Crippen LogP contribution in [-0.4, -0.2) is 20.9 Å². The maximum atomic E-state index is 4.43. The first-order valence-corrected chi connectivity index (χ1v) is 7.40. The van der Waals surface area contributed by atoms with Crippen LogP contribution in [0.1, 0.15) is 37.0 Å². The van der Waals surface area contributed by atoms with Crippen LogP contribution in [0.2, 0.25) is 0 Å². The zero-order valence-electron chi connectivity index (χ0n) is 10.0. The first-order chi connectivity index (χ1) is 8.29. The quantitative estimate of drug-likeness (QED) is 0.874. The maximum Gasteiger partial charge on any atom is 0.202 e. The zero-order valence-corrected chi connectivity index (χ0v) is 11.6. The monoisotopic (exact) mass is 268 g/mol.